The molecule has 168 valence electrons. The Kier molecular flexibility index (Phi) is 6.95. The minimum absolute atomic E-state index is 0.115. The summed E-state index contributed by atoms with van der Waals surface area (Å²) in [6, 6.07) is 16.3. The third-order valence-electron chi connectivity index (χ3n) is 4.95. The Hall–Kier alpha value is -3.78. The van der Waals surface area contributed by atoms with Crippen LogP contribution in [-0.2, 0) is 11.3 Å². The van der Waals surface area contributed by atoms with Crippen LogP contribution in [0.2, 0.25) is 0 Å². The van der Waals surface area contributed by atoms with E-state index in [9.17, 15) is 18.7 Å². The third-order valence-corrected chi connectivity index (χ3v) is 5.64. The number of carbonyl (C=O) groups is 1. The minimum Gasteiger partial charge on any atom is -0.508 e. The fourth-order valence-electron chi connectivity index (χ4n) is 3.27. The van der Waals surface area contributed by atoms with Gasteiger partial charge in [-0.15, -0.1) is 0 Å². The average Bonchev–Trinajstić information content (AvgIpc) is 3.35. The Bertz CT molecular complexity index is 1260. The molecule has 0 bridgehead atoms. The number of rotatable bonds is 8. The molecule has 0 aliphatic rings. The molecule has 5 nitrogen and oxygen atoms in total. The number of thiophene rings is 1. The molecule has 0 unspecified atom stereocenters. The molecule has 0 spiro atoms. The van der Waals surface area contributed by atoms with Crippen LogP contribution in [0.4, 0.5) is 14.6 Å². The standard InChI is InChI=1S/C25H21F2N3O2S/c26-21-5-4-16(10-22(21)27)14-29-25(32)6-8-28-24-13-19(18-7-9-33-15-18)12-23(30-24)17-2-1-3-20(31)11-17/h1-5,7,9-13,15,31H,6,8,14H2,(H,28,30)(H,29,32). The molecule has 4 rings (SSSR count). The quantitative estimate of drug-likeness (QED) is 0.318. The number of aromatic hydroxyl groups is 1. The number of amides is 1. The van der Waals surface area contributed by atoms with Crippen molar-refractivity contribution >= 4 is 23.1 Å². The van der Waals surface area contributed by atoms with Gasteiger partial charge >= 0.3 is 0 Å². The van der Waals surface area contributed by atoms with Crippen molar-refractivity contribution < 1.29 is 18.7 Å². The molecule has 0 fully saturated rings. The number of halogens is 2. The Labute approximate surface area is 193 Å². The average molecular weight is 466 g/mol. The normalized spacial score (nSPS) is 10.7. The number of benzene rings is 2. The highest BCUT2D eigenvalue weighted by atomic mass is 32.1. The number of carbonyl (C=O) groups excluding carboxylic acids is 1. The summed E-state index contributed by atoms with van der Waals surface area (Å²) in [5.41, 5.74) is 3.97. The summed E-state index contributed by atoms with van der Waals surface area (Å²) < 4.78 is 26.3. The lowest BCUT2D eigenvalue weighted by Crippen LogP contribution is -2.25. The van der Waals surface area contributed by atoms with Crippen molar-refractivity contribution in [2.45, 2.75) is 13.0 Å². The highest BCUT2D eigenvalue weighted by Crippen LogP contribution is 2.30. The zero-order valence-electron chi connectivity index (χ0n) is 17.5. The number of nitrogens with one attached hydrogen (secondary N) is 2. The topological polar surface area (TPSA) is 74.2 Å². The van der Waals surface area contributed by atoms with E-state index in [2.05, 4.69) is 15.6 Å². The maximum Gasteiger partial charge on any atom is 0.222 e. The van der Waals surface area contributed by atoms with E-state index in [1.54, 1.807) is 29.5 Å². The highest BCUT2D eigenvalue weighted by Gasteiger charge is 2.09. The molecule has 0 atom stereocenters. The summed E-state index contributed by atoms with van der Waals surface area (Å²) in [5.74, 6) is -1.33. The molecule has 2 aromatic carbocycles. The lowest BCUT2D eigenvalue weighted by atomic mass is 10.1. The van der Waals surface area contributed by atoms with Gasteiger partial charge in [0.15, 0.2) is 11.6 Å². The largest absolute Gasteiger partial charge is 0.508 e. The predicted octanol–water partition coefficient (Wildman–Crippen LogP) is 5.58. The molecule has 0 radical (unpaired) electrons. The SMILES string of the molecule is O=C(CCNc1cc(-c2ccsc2)cc(-c2cccc(O)c2)n1)NCc1ccc(F)c(F)c1. The van der Waals surface area contributed by atoms with Gasteiger partial charge in [-0.1, -0.05) is 18.2 Å². The predicted molar refractivity (Wildman–Crippen MR) is 126 cm³/mol. The van der Waals surface area contributed by atoms with Gasteiger partial charge in [0.25, 0.3) is 0 Å². The van der Waals surface area contributed by atoms with Crippen LogP contribution in [0.1, 0.15) is 12.0 Å². The van der Waals surface area contributed by atoms with Crippen LogP contribution in [-0.4, -0.2) is 22.5 Å². The molecule has 0 saturated carbocycles. The number of hydrogen-bond donors (Lipinski definition) is 3. The minimum atomic E-state index is -0.942. The van der Waals surface area contributed by atoms with Gasteiger partial charge in [-0.2, -0.15) is 11.3 Å². The number of hydrogen-bond acceptors (Lipinski definition) is 5. The second-order valence-corrected chi connectivity index (χ2v) is 8.17. The zero-order chi connectivity index (χ0) is 23.2. The van der Waals surface area contributed by atoms with Crippen LogP contribution in [0.3, 0.4) is 0 Å². The first-order chi connectivity index (χ1) is 16.0. The molecule has 4 aromatic rings. The maximum absolute atomic E-state index is 13.3. The van der Waals surface area contributed by atoms with E-state index in [0.29, 0.717) is 23.6 Å². The molecule has 3 N–H and O–H groups in total. The van der Waals surface area contributed by atoms with Crippen LogP contribution < -0.4 is 10.6 Å². The van der Waals surface area contributed by atoms with Crippen molar-refractivity contribution in [1.29, 1.82) is 0 Å². The van der Waals surface area contributed by atoms with Gasteiger partial charge in [0, 0.05) is 25.1 Å². The van der Waals surface area contributed by atoms with Gasteiger partial charge < -0.3 is 15.7 Å². The van der Waals surface area contributed by atoms with E-state index in [-0.39, 0.29) is 24.6 Å². The summed E-state index contributed by atoms with van der Waals surface area (Å²) in [6.07, 6.45) is 0.176. The summed E-state index contributed by atoms with van der Waals surface area (Å²) in [4.78, 5) is 16.8. The van der Waals surface area contributed by atoms with Gasteiger partial charge in [0.1, 0.15) is 11.6 Å². The molecular weight excluding hydrogens is 444 g/mol. The molecule has 2 aromatic heterocycles. The number of nitrogens with zero attached hydrogens (tertiary/aromatic N) is 1. The fourth-order valence-corrected chi connectivity index (χ4v) is 3.94. The van der Waals surface area contributed by atoms with Gasteiger partial charge in [0.2, 0.25) is 5.91 Å². The number of pyridine rings is 1. The van der Waals surface area contributed by atoms with Crippen LogP contribution in [0, 0.1) is 11.6 Å². The number of aromatic nitrogens is 1. The summed E-state index contributed by atoms with van der Waals surface area (Å²) in [7, 11) is 0. The van der Waals surface area contributed by atoms with E-state index in [4.69, 9.17) is 0 Å². The van der Waals surface area contributed by atoms with Gasteiger partial charge in [-0.25, -0.2) is 13.8 Å². The van der Waals surface area contributed by atoms with E-state index in [1.165, 1.54) is 6.07 Å². The first-order valence-corrected chi connectivity index (χ1v) is 11.2. The summed E-state index contributed by atoms with van der Waals surface area (Å²) in [5, 5.41) is 19.7. The van der Waals surface area contributed by atoms with Gasteiger partial charge in [0.05, 0.1) is 5.69 Å². The number of anilines is 1. The first kappa shape index (κ1) is 22.4. The molecule has 0 saturated heterocycles. The Morgan fingerprint density at radius 1 is 0.970 bits per heavy atom. The first-order valence-electron chi connectivity index (χ1n) is 10.3. The van der Waals surface area contributed by atoms with Crippen molar-refractivity contribution in [3.8, 4) is 28.1 Å². The maximum atomic E-state index is 13.3. The molecule has 0 aliphatic heterocycles. The lowest BCUT2D eigenvalue weighted by Gasteiger charge is -2.11. The summed E-state index contributed by atoms with van der Waals surface area (Å²) in [6.45, 7) is 0.451. The van der Waals surface area contributed by atoms with E-state index >= 15 is 0 Å². The van der Waals surface area contributed by atoms with E-state index in [0.717, 1.165) is 28.8 Å². The van der Waals surface area contributed by atoms with Crippen molar-refractivity contribution in [3.05, 3.63) is 88.6 Å². The van der Waals surface area contributed by atoms with Crippen LogP contribution in [0.15, 0.2) is 71.4 Å². The Morgan fingerprint density at radius 3 is 2.61 bits per heavy atom. The van der Waals surface area contributed by atoms with Crippen molar-refractivity contribution in [3.63, 3.8) is 0 Å². The van der Waals surface area contributed by atoms with E-state index < -0.39 is 11.6 Å². The molecule has 1 amide bonds. The second kappa shape index (κ2) is 10.2. The van der Waals surface area contributed by atoms with Crippen molar-refractivity contribution in [2.24, 2.45) is 0 Å². The molecule has 8 heteroatoms. The van der Waals surface area contributed by atoms with E-state index in [1.807, 2.05) is 35.0 Å². The molecule has 33 heavy (non-hydrogen) atoms. The third kappa shape index (κ3) is 5.93. The lowest BCUT2D eigenvalue weighted by molar-refractivity contribution is -0.121. The van der Waals surface area contributed by atoms with Gasteiger partial charge in [-0.3, -0.25) is 4.79 Å². The smallest absolute Gasteiger partial charge is 0.222 e. The zero-order valence-corrected chi connectivity index (χ0v) is 18.3. The fraction of sp³-hybridized carbons (Fsp3) is 0.120. The Morgan fingerprint density at radius 2 is 1.85 bits per heavy atom. The molecule has 2 heterocycles. The van der Waals surface area contributed by atoms with Crippen LogP contribution in [0.25, 0.3) is 22.4 Å². The van der Waals surface area contributed by atoms with Crippen molar-refractivity contribution in [2.75, 3.05) is 11.9 Å². The highest BCUT2D eigenvalue weighted by molar-refractivity contribution is 7.08. The molecular formula is C25H21F2N3O2S. The molecule has 0 aliphatic carbocycles. The van der Waals surface area contributed by atoms with Gasteiger partial charge in [-0.05, 0) is 69.9 Å². The van der Waals surface area contributed by atoms with Crippen molar-refractivity contribution in [1.82, 2.24) is 10.3 Å². The Balaban J connectivity index is 1.41. The number of phenolic OH excluding ortho intramolecular Hbond substituents is 1. The monoisotopic (exact) mass is 465 g/mol. The van der Waals surface area contributed by atoms with Crippen LogP contribution >= 0.6 is 11.3 Å². The van der Waals surface area contributed by atoms with Crippen LogP contribution in [0.5, 0.6) is 5.75 Å². The second-order valence-electron chi connectivity index (χ2n) is 7.39. The number of phenols is 1. The summed E-state index contributed by atoms with van der Waals surface area (Å²) >= 11 is 1.59.